The second-order valence-corrected chi connectivity index (χ2v) is 10.0. The van der Waals surface area contributed by atoms with Crippen LogP contribution in [-0.2, 0) is 17.6 Å². The van der Waals surface area contributed by atoms with E-state index in [0.29, 0.717) is 36.2 Å². The summed E-state index contributed by atoms with van der Waals surface area (Å²) in [6, 6.07) is 20.2. The van der Waals surface area contributed by atoms with Crippen LogP contribution in [0.1, 0.15) is 32.0 Å². The topological polar surface area (TPSA) is 108 Å². The molecular weight excluding hydrogens is 582 g/mol. The highest BCUT2D eigenvalue weighted by Crippen LogP contribution is 2.33. The number of benzene rings is 3. The summed E-state index contributed by atoms with van der Waals surface area (Å²) < 4.78 is 59.5. The standard InChI is InChI=1S/C31H27F4N5O4/c32-22-9-10-25(31(33,34)35)24(16-22)30(43)40-13-11-39(12-14-40)28(41)18-36-29(42)27-17-26(37-38-27)21-7-4-8-23(15-21)44-19-20-5-2-1-3-6-20/h1-10,15-17H,11-14,18-19H2,(H,36,42)(H,37,38). The lowest BCUT2D eigenvalue weighted by Gasteiger charge is -2.35. The second-order valence-electron chi connectivity index (χ2n) is 10.0. The Labute approximate surface area is 249 Å². The zero-order chi connectivity index (χ0) is 31.3. The number of H-pyrrole nitrogens is 1. The predicted octanol–water partition coefficient (Wildman–Crippen LogP) is 4.53. The monoisotopic (exact) mass is 609 g/mol. The number of alkyl halides is 3. The van der Waals surface area contributed by atoms with E-state index in [4.69, 9.17) is 4.74 Å². The maximum atomic E-state index is 13.7. The number of aromatic nitrogens is 2. The maximum absolute atomic E-state index is 13.7. The van der Waals surface area contributed by atoms with Crippen molar-refractivity contribution in [3.8, 4) is 17.0 Å². The first-order valence-corrected chi connectivity index (χ1v) is 13.6. The largest absolute Gasteiger partial charge is 0.489 e. The first kappa shape index (κ1) is 30.3. The number of halogens is 4. The number of aromatic amines is 1. The first-order valence-electron chi connectivity index (χ1n) is 13.6. The van der Waals surface area contributed by atoms with E-state index >= 15 is 0 Å². The van der Waals surface area contributed by atoms with E-state index in [9.17, 15) is 31.9 Å². The van der Waals surface area contributed by atoms with Gasteiger partial charge in [-0.25, -0.2) is 4.39 Å². The molecule has 0 aliphatic carbocycles. The van der Waals surface area contributed by atoms with Crippen LogP contribution in [0.3, 0.4) is 0 Å². The minimum Gasteiger partial charge on any atom is -0.489 e. The third-order valence-electron chi connectivity index (χ3n) is 7.04. The lowest BCUT2D eigenvalue weighted by Crippen LogP contribution is -2.52. The highest BCUT2D eigenvalue weighted by Gasteiger charge is 2.37. The molecule has 228 valence electrons. The lowest BCUT2D eigenvalue weighted by atomic mass is 10.0. The minimum atomic E-state index is -4.83. The number of hydrogen-bond donors (Lipinski definition) is 2. The van der Waals surface area contributed by atoms with E-state index in [1.807, 2.05) is 48.5 Å². The van der Waals surface area contributed by atoms with Gasteiger partial charge >= 0.3 is 6.18 Å². The SMILES string of the molecule is O=C(NCC(=O)N1CCN(C(=O)c2cc(F)ccc2C(F)(F)F)CC1)c1cc(-c2cccc(OCc3ccccc3)c2)n[nH]1. The van der Waals surface area contributed by atoms with Crippen LogP contribution >= 0.6 is 0 Å². The van der Waals surface area contributed by atoms with Crippen LogP contribution in [0.4, 0.5) is 17.6 Å². The molecule has 1 fully saturated rings. The fraction of sp³-hybridized carbons (Fsp3) is 0.226. The van der Waals surface area contributed by atoms with Gasteiger partial charge in [-0.3, -0.25) is 19.5 Å². The molecule has 3 aromatic carbocycles. The van der Waals surface area contributed by atoms with E-state index in [1.165, 1.54) is 4.90 Å². The van der Waals surface area contributed by atoms with E-state index < -0.39 is 40.8 Å². The normalized spacial score (nSPS) is 13.5. The Morgan fingerprint density at radius 2 is 1.61 bits per heavy atom. The van der Waals surface area contributed by atoms with Crippen LogP contribution in [0.2, 0.25) is 0 Å². The van der Waals surface area contributed by atoms with Crippen LogP contribution in [-0.4, -0.2) is 70.4 Å². The fourth-order valence-corrected chi connectivity index (χ4v) is 4.70. The first-order chi connectivity index (χ1) is 21.1. The summed E-state index contributed by atoms with van der Waals surface area (Å²) in [5, 5.41) is 9.38. The maximum Gasteiger partial charge on any atom is 0.417 e. The van der Waals surface area contributed by atoms with Crippen molar-refractivity contribution < 1.29 is 36.7 Å². The number of nitrogens with zero attached hydrogens (tertiary/aromatic N) is 3. The van der Waals surface area contributed by atoms with Crippen molar-refractivity contribution in [3.05, 3.63) is 107 Å². The number of carbonyl (C=O) groups is 3. The summed E-state index contributed by atoms with van der Waals surface area (Å²) in [6.45, 7) is 0.0205. The molecular formula is C31H27F4N5O4. The third kappa shape index (κ3) is 7.22. The average Bonchev–Trinajstić information content (AvgIpc) is 3.53. The summed E-state index contributed by atoms with van der Waals surface area (Å²) in [7, 11) is 0. The number of nitrogens with one attached hydrogen (secondary N) is 2. The van der Waals surface area contributed by atoms with E-state index in [1.54, 1.807) is 12.1 Å². The van der Waals surface area contributed by atoms with Crippen molar-refractivity contribution in [1.29, 1.82) is 0 Å². The van der Waals surface area contributed by atoms with Crippen molar-refractivity contribution in [2.75, 3.05) is 32.7 Å². The fourth-order valence-electron chi connectivity index (χ4n) is 4.70. The molecule has 5 rings (SSSR count). The van der Waals surface area contributed by atoms with Gasteiger partial charge in [0.2, 0.25) is 5.91 Å². The molecule has 13 heteroatoms. The van der Waals surface area contributed by atoms with Crippen LogP contribution in [0, 0.1) is 5.82 Å². The van der Waals surface area contributed by atoms with Crippen LogP contribution in [0.15, 0.2) is 78.9 Å². The van der Waals surface area contributed by atoms with Crippen LogP contribution in [0.5, 0.6) is 5.75 Å². The Balaban J connectivity index is 1.12. The summed E-state index contributed by atoms with van der Waals surface area (Å²) >= 11 is 0. The van der Waals surface area contributed by atoms with Gasteiger partial charge in [0, 0.05) is 31.7 Å². The van der Waals surface area contributed by atoms with E-state index in [-0.39, 0.29) is 38.4 Å². The van der Waals surface area contributed by atoms with Gasteiger partial charge < -0.3 is 19.9 Å². The number of ether oxygens (including phenoxy) is 1. The number of hydrogen-bond acceptors (Lipinski definition) is 5. The molecule has 0 radical (unpaired) electrons. The molecule has 2 heterocycles. The zero-order valence-corrected chi connectivity index (χ0v) is 23.2. The average molecular weight is 610 g/mol. The highest BCUT2D eigenvalue weighted by atomic mass is 19.4. The number of piperazine rings is 1. The Morgan fingerprint density at radius 3 is 2.34 bits per heavy atom. The van der Waals surface area contributed by atoms with Gasteiger partial charge in [-0.2, -0.15) is 18.3 Å². The lowest BCUT2D eigenvalue weighted by molar-refractivity contribution is -0.138. The van der Waals surface area contributed by atoms with Gasteiger partial charge in [0.05, 0.1) is 23.4 Å². The minimum absolute atomic E-state index is 0.0357. The van der Waals surface area contributed by atoms with Crippen molar-refractivity contribution in [2.24, 2.45) is 0 Å². The predicted molar refractivity (Wildman–Crippen MR) is 151 cm³/mol. The molecule has 4 aromatic rings. The molecule has 1 aliphatic rings. The molecule has 0 saturated carbocycles. The van der Waals surface area contributed by atoms with Gasteiger partial charge in [-0.15, -0.1) is 0 Å². The molecule has 0 bridgehead atoms. The Bertz CT molecular complexity index is 1650. The summed E-state index contributed by atoms with van der Waals surface area (Å²) in [4.78, 5) is 40.7. The number of carbonyl (C=O) groups excluding carboxylic acids is 3. The Morgan fingerprint density at radius 1 is 0.886 bits per heavy atom. The van der Waals surface area contributed by atoms with Gasteiger partial charge in [0.1, 0.15) is 23.9 Å². The highest BCUT2D eigenvalue weighted by molar-refractivity contribution is 5.97. The van der Waals surface area contributed by atoms with Crippen molar-refractivity contribution >= 4 is 17.7 Å². The Kier molecular flexibility index (Phi) is 8.93. The van der Waals surface area contributed by atoms with Crippen molar-refractivity contribution in [3.63, 3.8) is 0 Å². The summed E-state index contributed by atoms with van der Waals surface area (Å²) in [6.07, 6.45) is -4.83. The van der Waals surface area contributed by atoms with Crippen LogP contribution < -0.4 is 10.1 Å². The molecule has 1 aliphatic heterocycles. The molecule has 44 heavy (non-hydrogen) atoms. The van der Waals surface area contributed by atoms with Gasteiger partial charge in [0.25, 0.3) is 11.8 Å². The van der Waals surface area contributed by atoms with Crippen LogP contribution in [0.25, 0.3) is 11.3 Å². The van der Waals surface area contributed by atoms with Crippen molar-refractivity contribution in [2.45, 2.75) is 12.8 Å². The molecule has 1 aromatic heterocycles. The molecule has 3 amide bonds. The number of amides is 3. The van der Waals surface area contributed by atoms with Crippen molar-refractivity contribution in [1.82, 2.24) is 25.3 Å². The molecule has 1 saturated heterocycles. The smallest absolute Gasteiger partial charge is 0.417 e. The molecule has 0 unspecified atom stereocenters. The molecule has 2 N–H and O–H groups in total. The zero-order valence-electron chi connectivity index (χ0n) is 23.2. The third-order valence-corrected chi connectivity index (χ3v) is 7.04. The summed E-state index contributed by atoms with van der Waals surface area (Å²) in [5.41, 5.74) is 0.361. The molecule has 9 nitrogen and oxygen atoms in total. The molecule has 0 spiro atoms. The van der Waals surface area contributed by atoms with Gasteiger partial charge in [-0.1, -0.05) is 42.5 Å². The quantitative estimate of drug-likeness (QED) is 0.286. The summed E-state index contributed by atoms with van der Waals surface area (Å²) in [5.74, 6) is -2.30. The van der Waals surface area contributed by atoms with Gasteiger partial charge in [-0.05, 0) is 42.0 Å². The van der Waals surface area contributed by atoms with E-state index in [2.05, 4.69) is 15.5 Å². The van der Waals surface area contributed by atoms with Gasteiger partial charge in [0.15, 0.2) is 0 Å². The Hall–Kier alpha value is -5.20. The second kappa shape index (κ2) is 13.0. The number of rotatable bonds is 8. The molecule has 0 atom stereocenters. The van der Waals surface area contributed by atoms with E-state index in [0.717, 1.165) is 16.0 Å².